The molecule has 2 heterocycles. The number of nitrogens with one attached hydrogen (secondary N) is 1. The lowest BCUT2D eigenvalue weighted by atomic mass is 9.93. The van der Waals surface area contributed by atoms with Crippen LogP contribution in [0.4, 0.5) is 0 Å². The van der Waals surface area contributed by atoms with Crippen LogP contribution in [0.3, 0.4) is 0 Å². The zero-order valence-electron chi connectivity index (χ0n) is 8.92. The first-order chi connectivity index (χ1) is 6.29. The zero-order valence-corrected chi connectivity index (χ0v) is 8.92. The summed E-state index contributed by atoms with van der Waals surface area (Å²) in [5.41, 5.74) is 0. The predicted octanol–water partition coefficient (Wildman–Crippen LogP) is 1.47. The second-order valence-electron chi connectivity index (χ2n) is 4.77. The number of nitrogens with zero attached hydrogens (tertiary/aromatic N) is 1. The fraction of sp³-hybridized carbons (Fsp3) is 1.00. The smallest absolute Gasteiger partial charge is 0.0148 e. The largest absolute Gasteiger partial charge is 0.316 e. The SMILES string of the molecule is CC1CNCCC1N1CCCC1C. The van der Waals surface area contributed by atoms with Gasteiger partial charge in [0.15, 0.2) is 0 Å². The molecule has 0 aromatic carbocycles. The Kier molecular flexibility index (Phi) is 2.89. The Labute approximate surface area is 81.7 Å². The molecule has 2 fully saturated rings. The van der Waals surface area contributed by atoms with Gasteiger partial charge in [-0.15, -0.1) is 0 Å². The summed E-state index contributed by atoms with van der Waals surface area (Å²) in [7, 11) is 0. The molecule has 2 aliphatic heterocycles. The minimum atomic E-state index is 0.838. The van der Waals surface area contributed by atoms with Crippen molar-refractivity contribution < 1.29 is 0 Å². The van der Waals surface area contributed by atoms with Gasteiger partial charge in [0.25, 0.3) is 0 Å². The summed E-state index contributed by atoms with van der Waals surface area (Å²) in [4.78, 5) is 2.74. The zero-order chi connectivity index (χ0) is 9.26. The molecule has 2 nitrogen and oxygen atoms in total. The molecule has 1 N–H and O–H groups in total. The van der Waals surface area contributed by atoms with Crippen LogP contribution in [0.1, 0.15) is 33.1 Å². The van der Waals surface area contributed by atoms with Crippen molar-refractivity contribution in [3.63, 3.8) is 0 Å². The van der Waals surface area contributed by atoms with Crippen molar-refractivity contribution in [3.8, 4) is 0 Å². The maximum atomic E-state index is 3.48. The third kappa shape index (κ3) is 1.89. The van der Waals surface area contributed by atoms with Crippen LogP contribution in [0.2, 0.25) is 0 Å². The Bertz CT molecular complexity index is 169. The van der Waals surface area contributed by atoms with Crippen molar-refractivity contribution >= 4 is 0 Å². The van der Waals surface area contributed by atoms with E-state index < -0.39 is 0 Å². The van der Waals surface area contributed by atoms with Crippen molar-refractivity contribution in [2.75, 3.05) is 19.6 Å². The van der Waals surface area contributed by atoms with Gasteiger partial charge in [-0.1, -0.05) is 6.92 Å². The molecule has 2 rings (SSSR count). The maximum absolute atomic E-state index is 3.48. The van der Waals surface area contributed by atoms with E-state index in [0.717, 1.165) is 18.0 Å². The van der Waals surface area contributed by atoms with Gasteiger partial charge >= 0.3 is 0 Å². The second-order valence-corrected chi connectivity index (χ2v) is 4.77. The molecule has 76 valence electrons. The molecule has 0 bridgehead atoms. The maximum Gasteiger partial charge on any atom is 0.0148 e. The third-order valence-corrected chi connectivity index (χ3v) is 3.77. The van der Waals surface area contributed by atoms with Gasteiger partial charge in [0.05, 0.1) is 0 Å². The average molecular weight is 182 g/mol. The molecular weight excluding hydrogens is 160 g/mol. The van der Waals surface area contributed by atoms with Gasteiger partial charge < -0.3 is 5.32 Å². The van der Waals surface area contributed by atoms with Crippen molar-refractivity contribution in [3.05, 3.63) is 0 Å². The minimum absolute atomic E-state index is 0.838. The van der Waals surface area contributed by atoms with Crippen molar-refractivity contribution in [1.29, 1.82) is 0 Å². The number of likely N-dealkylation sites (tertiary alicyclic amines) is 1. The highest BCUT2D eigenvalue weighted by Gasteiger charge is 2.32. The molecule has 0 aromatic rings. The predicted molar refractivity (Wildman–Crippen MR) is 55.8 cm³/mol. The van der Waals surface area contributed by atoms with E-state index in [-0.39, 0.29) is 0 Å². The molecule has 13 heavy (non-hydrogen) atoms. The van der Waals surface area contributed by atoms with E-state index in [1.807, 2.05) is 0 Å². The van der Waals surface area contributed by atoms with Crippen LogP contribution in [0.25, 0.3) is 0 Å². The van der Waals surface area contributed by atoms with E-state index in [4.69, 9.17) is 0 Å². The molecule has 3 atom stereocenters. The summed E-state index contributed by atoms with van der Waals surface area (Å²) in [6.07, 6.45) is 4.18. The highest BCUT2D eigenvalue weighted by Crippen LogP contribution is 2.26. The fourth-order valence-corrected chi connectivity index (χ4v) is 2.94. The Morgan fingerprint density at radius 1 is 1.23 bits per heavy atom. The molecule has 0 aliphatic carbocycles. The molecule has 0 amide bonds. The lowest BCUT2D eigenvalue weighted by Crippen LogP contribution is -2.49. The second kappa shape index (κ2) is 3.97. The van der Waals surface area contributed by atoms with Gasteiger partial charge in [-0.2, -0.15) is 0 Å². The van der Waals surface area contributed by atoms with Crippen LogP contribution < -0.4 is 5.32 Å². The summed E-state index contributed by atoms with van der Waals surface area (Å²) < 4.78 is 0. The van der Waals surface area contributed by atoms with Crippen LogP contribution in [-0.4, -0.2) is 36.6 Å². The number of hydrogen-bond acceptors (Lipinski definition) is 2. The van der Waals surface area contributed by atoms with Gasteiger partial charge in [-0.25, -0.2) is 0 Å². The van der Waals surface area contributed by atoms with E-state index in [1.54, 1.807) is 0 Å². The van der Waals surface area contributed by atoms with Crippen LogP contribution in [-0.2, 0) is 0 Å². The van der Waals surface area contributed by atoms with Crippen LogP contribution >= 0.6 is 0 Å². The standard InChI is InChI=1S/C11H22N2/c1-9-8-12-6-5-11(9)13-7-3-4-10(13)2/h9-12H,3-8H2,1-2H3. The molecule has 0 saturated carbocycles. The van der Waals surface area contributed by atoms with E-state index in [9.17, 15) is 0 Å². The van der Waals surface area contributed by atoms with Gasteiger partial charge in [-0.3, -0.25) is 4.90 Å². The Morgan fingerprint density at radius 3 is 2.69 bits per heavy atom. The summed E-state index contributed by atoms with van der Waals surface area (Å²) in [5, 5.41) is 3.48. The summed E-state index contributed by atoms with van der Waals surface area (Å²) in [6.45, 7) is 8.56. The first-order valence-corrected chi connectivity index (χ1v) is 5.75. The highest BCUT2D eigenvalue weighted by molar-refractivity contribution is 4.88. The van der Waals surface area contributed by atoms with Crippen LogP contribution in [0.15, 0.2) is 0 Å². The first-order valence-electron chi connectivity index (χ1n) is 5.75. The quantitative estimate of drug-likeness (QED) is 0.660. The van der Waals surface area contributed by atoms with E-state index in [1.165, 1.54) is 38.9 Å². The lowest BCUT2D eigenvalue weighted by molar-refractivity contribution is 0.114. The number of piperidine rings is 1. The average Bonchev–Trinajstić information content (AvgIpc) is 2.52. The molecular formula is C11H22N2. The van der Waals surface area contributed by atoms with E-state index >= 15 is 0 Å². The summed E-state index contributed by atoms with van der Waals surface area (Å²) in [5.74, 6) is 0.842. The lowest BCUT2D eigenvalue weighted by Gasteiger charge is -2.39. The number of rotatable bonds is 1. The molecule has 2 saturated heterocycles. The molecule has 2 aliphatic rings. The van der Waals surface area contributed by atoms with Crippen molar-refractivity contribution in [1.82, 2.24) is 10.2 Å². The molecule has 3 unspecified atom stereocenters. The Hall–Kier alpha value is -0.0800. The fourth-order valence-electron chi connectivity index (χ4n) is 2.94. The monoisotopic (exact) mass is 182 g/mol. The highest BCUT2D eigenvalue weighted by atomic mass is 15.2. The topological polar surface area (TPSA) is 15.3 Å². The van der Waals surface area contributed by atoms with Gasteiger partial charge in [0.1, 0.15) is 0 Å². The summed E-state index contributed by atoms with van der Waals surface area (Å²) in [6, 6.07) is 1.70. The third-order valence-electron chi connectivity index (χ3n) is 3.77. The van der Waals surface area contributed by atoms with E-state index in [0.29, 0.717) is 0 Å². The van der Waals surface area contributed by atoms with Crippen molar-refractivity contribution in [2.45, 2.75) is 45.2 Å². The normalized spacial score (nSPS) is 42.5. The van der Waals surface area contributed by atoms with E-state index in [2.05, 4.69) is 24.1 Å². The first kappa shape index (κ1) is 9.47. The molecule has 0 spiro atoms. The van der Waals surface area contributed by atoms with Gasteiger partial charge in [-0.05, 0) is 51.7 Å². The molecule has 0 aromatic heterocycles. The van der Waals surface area contributed by atoms with Crippen molar-refractivity contribution in [2.24, 2.45) is 5.92 Å². The van der Waals surface area contributed by atoms with Gasteiger partial charge in [0.2, 0.25) is 0 Å². The minimum Gasteiger partial charge on any atom is -0.316 e. The summed E-state index contributed by atoms with van der Waals surface area (Å²) >= 11 is 0. The van der Waals surface area contributed by atoms with Gasteiger partial charge in [0, 0.05) is 12.1 Å². The number of hydrogen-bond donors (Lipinski definition) is 1. The Morgan fingerprint density at radius 2 is 2.08 bits per heavy atom. The van der Waals surface area contributed by atoms with Crippen LogP contribution in [0.5, 0.6) is 0 Å². The van der Waals surface area contributed by atoms with Crippen LogP contribution in [0, 0.1) is 5.92 Å². The Balaban J connectivity index is 1.97. The molecule has 0 radical (unpaired) electrons. The molecule has 2 heteroatoms.